The number of amidine groups is 1. The first kappa shape index (κ1) is 14.7. The fourth-order valence-corrected chi connectivity index (χ4v) is 2.50. The maximum absolute atomic E-state index is 6.20. The first-order valence-electron chi connectivity index (χ1n) is 7.13. The SMILES string of the molecule is N/C(=C/c1ccco1)C1=NCCCN1Cc1ccc(Cl)nc1. The quantitative estimate of drug-likeness (QED) is 0.881. The van der Waals surface area contributed by atoms with Crippen LogP contribution < -0.4 is 5.73 Å². The van der Waals surface area contributed by atoms with Gasteiger partial charge in [-0.3, -0.25) is 4.99 Å². The van der Waals surface area contributed by atoms with Crippen molar-refractivity contribution in [3.63, 3.8) is 0 Å². The largest absolute Gasteiger partial charge is 0.465 e. The summed E-state index contributed by atoms with van der Waals surface area (Å²) >= 11 is 5.83. The summed E-state index contributed by atoms with van der Waals surface area (Å²) in [6.45, 7) is 2.40. The van der Waals surface area contributed by atoms with E-state index >= 15 is 0 Å². The van der Waals surface area contributed by atoms with Crippen LogP contribution in [0.15, 0.2) is 51.8 Å². The molecule has 0 saturated carbocycles. The van der Waals surface area contributed by atoms with E-state index in [-0.39, 0.29) is 0 Å². The summed E-state index contributed by atoms with van der Waals surface area (Å²) in [6, 6.07) is 7.45. The summed E-state index contributed by atoms with van der Waals surface area (Å²) < 4.78 is 5.31. The summed E-state index contributed by atoms with van der Waals surface area (Å²) in [5.41, 5.74) is 7.88. The average molecular weight is 317 g/mol. The van der Waals surface area contributed by atoms with Gasteiger partial charge in [0.15, 0.2) is 0 Å². The van der Waals surface area contributed by atoms with Crippen molar-refractivity contribution in [3.05, 3.63) is 58.9 Å². The molecule has 3 heterocycles. The lowest BCUT2D eigenvalue weighted by atomic mass is 10.2. The molecule has 2 N–H and O–H groups in total. The standard InChI is InChI=1S/C16H17ClN4O/c17-15-5-4-12(10-20-15)11-21-7-2-6-19-16(21)14(18)9-13-3-1-8-22-13/h1,3-5,8-10H,2,6-7,11,18H2/b14-9+. The number of aromatic nitrogens is 1. The molecule has 2 aromatic heterocycles. The number of furan rings is 1. The van der Waals surface area contributed by atoms with Crippen LogP contribution in [-0.2, 0) is 6.54 Å². The van der Waals surface area contributed by atoms with E-state index in [1.165, 1.54) is 0 Å². The van der Waals surface area contributed by atoms with E-state index in [0.29, 0.717) is 17.4 Å². The lowest BCUT2D eigenvalue weighted by Gasteiger charge is -2.29. The van der Waals surface area contributed by atoms with E-state index in [2.05, 4.69) is 14.9 Å². The zero-order valence-electron chi connectivity index (χ0n) is 12.1. The number of nitrogens with zero attached hydrogens (tertiary/aromatic N) is 3. The average Bonchev–Trinajstić information content (AvgIpc) is 3.03. The number of hydrogen-bond donors (Lipinski definition) is 1. The Morgan fingerprint density at radius 3 is 3.05 bits per heavy atom. The van der Waals surface area contributed by atoms with E-state index in [1.807, 2.05) is 18.2 Å². The third-order valence-corrected chi connectivity index (χ3v) is 3.63. The Labute approximate surface area is 134 Å². The number of rotatable bonds is 4. The molecule has 2 aromatic rings. The molecule has 0 spiro atoms. The lowest BCUT2D eigenvalue weighted by Crippen LogP contribution is -2.38. The van der Waals surface area contributed by atoms with Crippen LogP contribution in [0.25, 0.3) is 6.08 Å². The highest BCUT2D eigenvalue weighted by Crippen LogP contribution is 2.15. The number of aliphatic imine (C=N–C) groups is 1. The Morgan fingerprint density at radius 2 is 2.32 bits per heavy atom. The van der Waals surface area contributed by atoms with Gasteiger partial charge in [0, 0.05) is 31.9 Å². The van der Waals surface area contributed by atoms with Gasteiger partial charge in [-0.2, -0.15) is 0 Å². The predicted octanol–water partition coefficient (Wildman–Crippen LogP) is 2.93. The number of pyridine rings is 1. The van der Waals surface area contributed by atoms with Gasteiger partial charge in [0.05, 0.1) is 12.0 Å². The number of hydrogen-bond acceptors (Lipinski definition) is 5. The van der Waals surface area contributed by atoms with Crippen LogP contribution in [0.2, 0.25) is 5.15 Å². The van der Waals surface area contributed by atoms with Crippen LogP contribution in [0.4, 0.5) is 0 Å². The molecule has 1 aliphatic heterocycles. The van der Waals surface area contributed by atoms with Gasteiger partial charge in [-0.05, 0) is 30.2 Å². The second kappa shape index (κ2) is 6.66. The summed E-state index contributed by atoms with van der Waals surface area (Å²) in [5.74, 6) is 1.52. The molecule has 3 rings (SSSR count). The maximum Gasteiger partial charge on any atom is 0.147 e. The van der Waals surface area contributed by atoms with Gasteiger partial charge in [0.25, 0.3) is 0 Å². The van der Waals surface area contributed by atoms with Crippen LogP contribution in [-0.4, -0.2) is 28.8 Å². The van der Waals surface area contributed by atoms with Crippen molar-refractivity contribution in [1.82, 2.24) is 9.88 Å². The van der Waals surface area contributed by atoms with Crippen molar-refractivity contribution < 1.29 is 4.42 Å². The number of nitrogens with two attached hydrogens (primary N) is 1. The second-order valence-electron chi connectivity index (χ2n) is 5.08. The first-order chi connectivity index (χ1) is 10.7. The molecule has 0 radical (unpaired) electrons. The van der Waals surface area contributed by atoms with E-state index in [4.69, 9.17) is 21.8 Å². The fourth-order valence-electron chi connectivity index (χ4n) is 2.39. The number of halogens is 1. The van der Waals surface area contributed by atoms with Crippen molar-refractivity contribution in [2.75, 3.05) is 13.1 Å². The summed E-state index contributed by atoms with van der Waals surface area (Å²) in [7, 11) is 0. The molecule has 0 unspecified atom stereocenters. The molecule has 0 bridgehead atoms. The van der Waals surface area contributed by atoms with Crippen molar-refractivity contribution in [2.24, 2.45) is 10.7 Å². The van der Waals surface area contributed by atoms with Crippen LogP contribution in [0.3, 0.4) is 0 Å². The highest BCUT2D eigenvalue weighted by atomic mass is 35.5. The van der Waals surface area contributed by atoms with Gasteiger partial charge < -0.3 is 15.1 Å². The van der Waals surface area contributed by atoms with Crippen LogP contribution in [0.5, 0.6) is 0 Å². The molecule has 6 heteroatoms. The Morgan fingerprint density at radius 1 is 1.41 bits per heavy atom. The third kappa shape index (κ3) is 3.49. The summed E-state index contributed by atoms with van der Waals surface area (Å²) in [4.78, 5) is 10.8. The smallest absolute Gasteiger partial charge is 0.147 e. The monoisotopic (exact) mass is 316 g/mol. The topological polar surface area (TPSA) is 67.7 Å². The first-order valence-corrected chi connectivity index (χ1v) is 7.51. The molecule has 0 aromatic carbocycles. The van der Waals surface area contributed by atoms with Gasteiger partial charge in [0.2, 0.25) is 0 Å². The van der Waals surface area contributed by atoms with E-state index in [0.717, 1.165) is 36.7 Å². The Balaban J connectivity index is 1.79. The molecule has 0 atom stereocenters. The zero-order chi connectivity index (χ0) is 15.4. The van der Waals surface area contributed by atoms with Crippen molar-refractivity contribution in [1.29, 1.82) is 0 Å². The minimum absolute atomic E-state index is 0.494. The molecule has 0 amide bonds. The fraction of sp³-hybridized carbons (Fsp3) is 0.250. The van der Waals surface area contributed by atoms with Crippen molar-refractivity contribution in [3.8, 4) is 0 Å². The molecule has 1 aliphatic rings. The molecule has 5 nitrogen and oxygen atoms in total. The van der Waals surface area contributed by atoms with Crippen LogP contribution in [0, 0.1) is 0 Å². The molecule has 22 heavy (non-hydrogen) atoms. The molecular formula is C16H17ClN4O. The van der Waals surface area contributed by atoms with Gasteiger partial charge in [-0.1, -0.05) is 17.7 Å². The second-order valence-corrected chi connectivity index (χ2v) is 5.47. The minimum atomic E-state index is 0.494. The Hall–Kier alpha value is -2.27. The normalized spacial score (nSPS) is 15.8. The Kier molecular flexibility index (Phi) is 4.44. The highest BCUT2D eigenvalue weighted by Gasteiger charge is 2.18. The minimum Gasteiger partial charge on any atom is -0.465 e. The van der Waals surface area contributed by atoms with E-state index < -0.39 is 0 Å². The van der Waals surface area contributed by atoms with Gasteiger partial charge in [0.1, 0.15) is 16.7 Å². The van der Waals surface area contributed by atoms with Gasteiger partial charge >= 0.3 is 0 Å². The van der Waals surface area contributed by atoms with Crippen molar-refractivity contribution in [2.45, 2.75) is 13.0 Å². The maximum atomic E-state index is 6.20. The van der Waals surface area contributed by atoms with Crippen LogP contribution in [0.1, 0.15) is 17.7 Å². The zero-order valence-corrected chi connectivity index (χ0v) is 12.8. The van der Waals surface area contributed by atoms with Gasteiger partial charge in [-0.25, -0.2) is 4.98 Å². The summed E-state index contributed by atoms with van der Waals surface area (Å²) in [6.07, 6.45) is 6.22. The molecular weight excluding hydrogens is 300 g/mol. The third-order valence-electron chi connectivity index (χ3n) is 3.41. The van der Waals surface area contributed by atoms with Gasteiger partial charge in [-0.15, -0.1) is 0 Å². The molecule has 114 valence electrons. The molecule has 0 saturated heterocycles. The summed E-state index contributed by atoms with van der Waals surface area (Å²) in [5, 5.41) is 0.494. The van der Waals surface area contributed by atoms with Crippen LogP contribution >= 0.6 is 11.6 Å². The molecule has 0 aliphatic carbocycles. The highest BCUT2D eigenvalue weighted by molar-refractivity contribution is 6.29. The predicted molar refractivity (Wildman–Crippen MR) is 87.4 cm³/mol. The Bertz CT molecular complexity index is 677. The van der Waals surface area contributed by atoms with E-state index in [1.54, 1.807) is 24.6 Å². The lowest BCUT2D eigenvalue weighted by molar-refractivity contribution is 0.387. The van der Waals surface area contributed by atoms with Crippen molar-refractivity contribution >= 4 is 23.5 Å². The van der Waals surface area contributed by atoms with E-state index in [9.17, 15) is 0 Å². The molecule has 0 fully saturated rings.